The molecule has 0 saturated heterocycles. The Morgan fingerprint density at radius 3 is 2.04 bits per heavy atom. The van der Waals surface area contributed by atoms with Gasteiger partial charge in [-0.3, -0.25) is 4.79 Å². The number of benzene rings is 2. The molecule has 120 valence electrons. The number of ketones is 1. The molecule has 2 aromatic rings. The minimum Gasteiger partial charge on any atom is -0.508 e. The second kappa shape index (κ2) is 6.87. The first-order chi connectivity index (χ1) is 11.0. The Kier molecular flexibility index (Phi) is 4.91. The molecule has 2 rings (SSSR count). The van der Waals surface area contributed by atoms with Crippen molar-refractivity contribution in [1.29, 1.82) is 0 Å². The number of allylic oxidation sites excluding steroid dienone is 1. The van der Waals surface area contributed by atoms with Crippen LogP contribution in [0.3, 0.4) is 0 Å². The summed E-state index contributed by atoms with van der Waals surface area (Å²) < 4.78 is 15.7. The topological polar surface area (TPSA) is 65.0 Å². The zero-order valence-corrected chi connectivity index (χ0v) is 13.3. The van der Waals surface area contributed by atoms with Gasteiger partial charge in [-0.05, 0) is 29.8 Å². The number of rotatable bonds is 6. The lowest BCUT2D eigenvalue weighted by molar-refractivity contribution is 0.105. The normalized spacial score (nSPS) is 10.0. The molecule has 0 spiro atoms. The molecule has 0 unspecified atom stereocenters. The van der Waals surface area contributed by atoms with Gasteiger partial charge in [-0.1, -0.05) is 18.7 Å². The van der Waals surface area contributed by atoms with Crippen LogP contribution in [0.2, 0.25) is 0 Å². The van der Waals surface area contributed by atoms with Gasteiger partial charge in [0.2, 0.25) is 5.75 Å². The number of hydrogen-bond acceptors (Lipinski definition) is 5. The summed E-state index contributed by atoms with van der Waals surface area (Å²) in [5.74, 6) is 0.962. The van der Waals surface area contributed by atoms with Crippen LogP contribution in [-0.2, 0) is 0 Å². The second-order valence-corrected chi connectivity index (χ2v) is 4.77. The van der Waals surface area contributed by atoms with Crippen LogP contribution in [0.15, 0.2) is 43.0 Å². The third-order valence-corrected chi connectivity index (χ3v) is 3.40. The third kappa shape index (κ3) is 3.29. The van der Waals surface area contributed by atoms with Gasteiger partial charge < -0.3 is 19.3 Å². The number of methoxy groups -OCH3 is 3. The van der Waals surface area contributed by atoms with Crippen molar-refractivity contribution < 1.29 is 24.1 Å². The molecule has 0 aliphatic carbocycles. The lowest BCUT2D eigenvalue weighted by Gasteiger charge is -2.14. The van der Waals surface area contributed by atoms with E-state index in [0.29, 0.717) is 28.4 Å². The number of carbonyl (C=O) groups excluding carboxylic acids is 1. The zero-order chi connectivity index (χ0) is 17.0. The van der Waals surface area contributed by atoms with Gasteiger partial charge in [0.15, 0.2) is 17.3 Å². The van der Waals surface area contributed by atoms with Crippen molar-refractivity contribution in [3.05, 3.63) is 54.1 Å². The van der Waals surface area contributed by atoms with E-state index < -0.39 is 0 Å². The highest BCUT2D eigenvalue weighted by Crippen LogP contribution is 2.39. The van der Waals surface area contributed by atoms with Crippen molar-refractivity contribution >= 4 is 11.4 Å². The maximum atomic E-state index is 12.7. The van der Waals surface area contributed by atoms with Gasteiger partial charge in [0.25, 0.3) is 0 Å². The number of phenolic OH excluding ortho intramolecular Hbond substituents is 1. The number of carbonyl (C=O) groups is 1. The van der Waals surface area contributed by atoms with Gasteiger partial charge in [0, 0.05) is 11.1 Å². The molecule has 0 fully saturated rings. The van der Waals surface area contributed by atoms with Crippen molar-refractivity contribution in [2.45, 2.75) is 0 Å². The van der Waals surface area contributed by atoms with Gasteiger partial charge in [0.05, 0.1) is 21.3 Å². The third-order valence-electron chi connectivity index (χ3n) is 3.40. The van der Waals surface area contributed by atoms with Crippen LogP contribution >= 0.6 is 0 Å². The minimum absolute atomic E-state index is 0.0707. The van der Waals surface area contributed by atoms with Crippen LogP contribution in [0.5, 0.6) is 23.0 Å². The van der Waals surface area contributed by atoms with Crippen LogP contribution in [0.25, 0.3) is 5.57 Å². The molecule has 5 nitrogen and oxygen atoms in total. The van der Waals surface area contributed by atoms with E-state index in [9.17, 15) is 9.90 Å². The maximum absolute atomic E-state index is 12.7. The highest BCUT2D eigenvalue weighted by Gasteiger charge is 2.19. The Bertz CT molecular complexity index is 724. The van der Waals surface area contributed by atoms with E-state index in [4.69, 9.17) is 14.2 Å². The van der Waals surface area contributed by atoms with Gasteiger partial charge in [-0.2, -0.15) is 0 Å². The quantitative estimate of drug-likeness (QED) is 0.654. The number of hydrogen-bond donors (Lipinski definition) is 1. The summed E-state index contributed by atoms with van der Waals surface area (Å²) in [7, 11) is 4.46. The van der Waals surface area contributed by atoms with Gasteiger partial charge in [-0.15, -0.1) is 0 Å². The van der Waals surface area contributed by atoms with Crippen LogP contribution in [-0.4, -0.2) is 32.2 Å². The molecule has 0 aromatic heterocycles. The highest BCUT2D eigenvalue weighted by molar-refractivity contribution is 6.28. The van der Waals surface area contributed by atoms with E-state index in [1.807, 2.05) is 0 Å². The molecule has 5 heteroatoms. The highest BCUT2D eigenvalue weighted by atomic mass is 16.5. The fraction of sp³-hybridized carbons (Fsp3) is 0.167. The fourth-order valence-corrected chi connectivity index (χ4v) is 2.21. The van der Waals surface area contributed by atoms with E-state index in [1.165, 1.54) is 33.5 Å². The minimum atomic E-state index is -0.296. The summed E-state index contributed by atoms with van der Waals surface area (Å²) in [6, 6.07) is 9.50. The first-order valence-corrected chi connectivity index (χ1v) is 6.84. The van der Waals surface area contributed by atoms with Gasteiger partial charge >= 0.3 is 0 Å². The van der Waals surface area contributed by atoms with Crippen molar-refractivity contribution in [2.75, 3.05) is 21.3 Å². The molecule has 0 heterocycles. The summed E-state index contributed by atoms with van der Waals surface area (Å²) in [5.41, 5.74) is 1.16. The summed E-state index contributed by atoms with van der Waals surface area (Å²) >= 11 is 0. The Hall–Kier alpha value is -2.95. The average Bonchev–Trinajstić information content (AvgIpc) is 2.58. The second-order valence-electron chi connectivity index (χ2n) is 4.77. The Balaban J connectivity index is 2.45. The van der Waals surface area contributed by atoms with E-state index in [-0.39, 0.29) is 17.1 Å². The fourth-order valence-electron chi connectivity index (χ4n) is 2.21. The van der Waals surface area contributed by atoms with Crippen LogP contribution in [0, 0.1) is 0 Å². The van der Waals surface area contributed by atoms with E-state index in [2.05, 4.69) is 6.58 Å². The predicted octanol–water partition coefficient (Wildman–Crippen LogP) is 3.31. The molecule has 0 aliphatic heterocycles. The molecule has 1 N–H and O–H groups in total. The maximum Gasteiger partial charge on any atom is 0.203 e. The largest absolute Gasteiger partial charge is 0.508 e. The molecule has 2 aromatic carbocycles. The average molecular weight is 314 g/mol. The van der Waals surface area contributed by atoms with E-state index in [0.717, 1.165) is 0 Å². The van der Waals surface area contributed by atoms with Crippen molar-refractivity contribution in [3.8, 4) is 23.0 Å². The predicted molar refractivity (Wildman–Crippen MR) is 87.6 cm³/mol. The van der Waals surface area contributed by atoms with E-state index in [1.54, 1.807) is 24.3 Å². The molecule has 0 saturated carbocycles. The monoisotopic (exact) mass is 314 g/mol. The van der Waals surface area contributed by atoms with Crippen LogP contribution < -0.4 is 14.2 Å². The molecule has 0 aliphatic rings. The Morgan fingerprint density at radius 2 is 1.57 bits per heavy atom. The Labute approximate surface area is 134 Å². The SMILES string of the molecule is C=C(C(=O)c1cc(OC)c(OC)c(OC)c1)c1cccc(O)c1. The molecular formula is C18H18O5. The first-order valence-electron chi connectivity index (χ1n) is 6.84. The molecule has 0 radical (unpaired) electrons. The number of phenols is 1. The van der Waals surface area contributed by atoms with Gasteiger partial charge in [0.1, 0.15) is 5.75 Å². The van der Waals surface area contributed by atoms with Crippen LogP contribution in [0.1, 0.15) is 15.9 Å². The molecule has 0 bridgehead atoms. The standard InChI is InChI=1S/C18H18O5/c1-11(12-6-5-7-14(19)8-12)17(20)13-9-15(21-2)18(23-4)16(10-13)22-3/h5-10,19H,1H2,2-4H3. The van der Waals surface area contributed by atoms with E-state index >= 15 is 0 Å². The molecule has 23 heavy (non-hydrogen) atoms. The summed E-state index contributed by atoms with van der Waals surface area (Å²) in [5, 5.41) is 9.54. The lowest BCUT2D eigenvalue weighted by Crippen LogP contribution is -2.04. The molecular weight excluding hydrogens is 296 g/mol. The smallest absolute Gasteiger partial charge is 0.203 e. The van der Waals surface area contributed by atoms with Crippen molar-refractivity contribution in [3.63, 3.8) is 0 Å². The zero-order valence-electron chi connectivity index (χ0n) is 13.3. The molecule has 0 amide bonds. The Morgan fingerprint density at radius 1 is 0.957 bits per heavy atom. The van der Waals surface area contributed by atoms with Crippen molar-refractivity contribution in [2.24, 2.45) is 0 Å². The number of Topliss-reactive ketones (excluding diaryl/α,β-unsaturated/α-hetero) is 1. The van der Waals surface area contributed by atoms with Crippen LogP contribution in [0.4, 0.5) is 0 Å². The van der Waals surface area contributed by atoms with Crippen molar-refractivity contribution in [1.82, 2.24) is 0 Å². The summed E-state index contributed by atoms with van der Waals surface area (Å²) in [4.78, 5) is 12.7. The number of aromatic hydroxyl groups is 1. The number of ether oxygens (including phenoxy) is 3. The summed E-state index contributed by atoms with van der Waals surface area (Å²) in [6.45, 7) is 3.82. The summed E-state index contributed by atoms with van der Waals surface area (Å²) in [6.07, 6.45) is 0. The lowest BCUT2D eigenvalue weighted by atomic mass is 9.97. The first kappa shape index (κ1) is 16.4. The van der Waals surface area contributed by atoms with Gasteiger partial charge in [-0.25, -0.2) is 0 Å². The molecule has 0 atom stereocenters.